The summed E-state index contributed by atoms with van der Waals surface area (Å²) in [7, 11) is 0. The molecule has 0 amide bonds. The van der Waals surface area contributed by atoms with Gasteiger partial charge in [-0.1, -0.05) is 78.9 Å². The van der Waals surface area contributed by atoms with Gasteiger partial charge in [-0.05, 0) is 103 Å². The van der Waals surface area contributed by atoms with Crippen molar-refractivity contribution in [3.8, 4) is 62.3 Å². The zero-order valence-corrected chi connectivity index (χ0v) is 25.0. The molecule has 10 rings (SSSR count). The van der Waals surface area contributed by atoms with Gasteiger partial charge in [0.1, 0.15) is 11.5 Å². The van der Waals surface area contributed by atoms with E-state index in [1.807, 2.05) is 42.5 Å². The summed E-state index contributed by atoms with van der Waals surface area (Å²) < 4.78 is 6.39. The summed E-state index contributed by atoms with van der Waals surface area (Å²) in [5.74, 6) is 1.53. The molecule has 3 heterocycles. The Hall–Kier alpha value is -6.57. The molecule has 0 saturated heterocycles. The van der Waals surface area contributed by atoms with Crippen molar-refractivity contribution in [2.75, 3.05) is 0 Å². The van der Waals surface area contributed by atoms with Gasteiger partial charge in [-0.25, -0.2) is 4.98 Å². The SMILES string of the molecule is N#Cc1ccc2c(c1)Oc1cccc3c(-c4ccc5ccc6c(-c7cccc(-c8ccncc8)n7)ccc7ccc4c5c76)ccc-2c13. The Balaban J connectivity index is 1.19. The van der Waals surface area contributed by atoms with E-state index in [0.717, 1.165) is 61.5 Å². The molecule has 0 unspecified atom stereocenters. The summed E-state index contributed by atoms with van der Waals surface area (Å²) in [5.41, 5.74) is 9.10. The van der Waals surface area contributed by atoms with Crippen LogP contribution in [0.5, 0.6) is 11.5 Å². The standard InChI is InChI=1S/C43H23N3O/c44-24-25-7-12-32-36-18-17-30(33-3-1-6-39(43(33)36)47-40(32)23-25)29-13-8-27-11-16-35-31(14-9-28-10-15-34(29)41(27)42(28)35)38-5-2-4-37(46-38)26-19-21-45-22-20-26/h1-23H. The molecular formula is C43H23N3O. The summed E-state index contributed by atoms with van der Waals surface area (Å²) in [6, 6.07) is 46.7. The van der Waals surface area contributed by atoms with Gasteiger partial charge in [-0.3, -0.25) is 4.98 Å². The zero-order chi connectivity index (χ0) is 31.1. The maximum Gasteiger partial charge on any atom is 0.136 e. The van der Waals surface area contributed by atoms with Gasteiger partial charge < -0.3 is 4.74 Å². The van der Waals surface area contributed by atoms with Crippen LogP contribution < -0.4 is 4.74 Å². The lowest BCUT2D eigenvalue weighted by Crippen LogP contribution is -1.98. The van der Waals surface area contributed by atoms with E-state index in [1.165, 1.54) is 37.9 Å². The fraction of sp³-hybridized carbons (Fsp3) is 0. The molecule has 4 nitrogen and oxygen atoms in total. The maximum absolute atomic E-state index is 9.46. The minimum atomic E-state index is 0.588. The van der Waals surface area contributed by atoms with E-state index in [0.29, 0.717) is 5.56 Å². The highest BCUT2D eigenvalue weighted by Gasteiger charge is 2.23. The number of fused-ring (bicyclic) bond motifs is 2. The summed E-state index contributed by atoms with van der Waals surface area (Å²) in [6.45, 7) is 0. The zero-order valence-electron chi connectivity index (χ0n) is 25.0. The molecule has 216 valence electrons. The van der Waals surface area contributed by atoms with Crippen molar-refractivity contribution < 1.29 is 4.74 Å². The first-order valence-corrected chi connectivity index (χ1v) is 15.6. The normalized spacial score (nSPS) is 12.0. The fourth-order valence-corrected chi connectivity index (χ4v) is 7.46. The smallest absolute Gasteiger partial charge is 0.136 e. The van der Waals surface area contributed by atoms with E-state index in [2.05, 4.69) is 96.0 Å². The van der Waals surface area contributed by atoms with Crippen molar-refractivity contribution in [3.05, 3.63) is 145 Å². The van der Waals surface area contributed by atoms with Crippen LogP contribution in [0.3, 0.4) is 0 Å². The Bertz CT molecular complexity index is 2780. The van der Waals surface area contributed by atoms with Crippen LogP contribution in [0.1, 0.15) is 5.56 Å². The first kappa shape index (κ1) is 25.7. The third-order valence-electron chi connectivity index (χ3n) is 9.58. The van der Waals surface area contributed by atoms with Crippen LogP contribution in [0.15, 0.2) is 140 Å². The predicted molar refractivity (Wildman–Crippen MR) is 190 cm³/mol. The van der Waals surface area contributed by atoms with Crippen LogP contribution in [0.4, 0.5) is 0 Å². The molecule has 0 fully saturated rings. The molecule has 1 aliphatic rings. The second-order valence-electron chi connectivity index (χ2n) is 12.1. The van der Waals surface area contributed by atoms with Crippen LogP contribution in [0.25, 0.3) is 87.9 Å². The number of rotatable bonds is 3. The lowest BCUT2D eigenvalue weighted by Gasteiger charge is -2.23. The monoisotopic (exact) mass is 597 g/mol. The Kier molecular flexibility index (Phi) is 5.32. The van der Waals surface area contributed by atoms with Crippen molar-refractivity contribution in [2.24, 2.45) is 0 Å². The number of nitriles is 1. The van der Waals surface area contributed by atoms with Crippen molar-refractivity contribution >= 4 is 43.1 Å². The average molecular weight is 598 g/mol. The quantitative estimate of drug-likeness (QED) is 0.190. The molecule has 7 aromatic carbocycles. The van der Waals surface area contributed by atoms with Crippen LogP contribution in [-0.2, 0) is 0 Å². The van der Waals surface area contributed by atoms with Gasteiger partial charge in [0, 0.05) is 34.5 Å². The first-order valence-electron chi connectivity index (χ1n) is 15.6. The topological polar surface area (TPSA) is 58.8 Å². The van der Waals surface area contributed by atoms with E-state index in [1.54, 1.807) is 12.4 Å². The fourth-order valence-electron chi connectivity index (χ4n) is 7.46. The lowest BCUT2D eigenvalue weighted by molar-refractivity contribution is 0.487. The molecule has 0 saturated carbocycles. The van der Waals surface area contributed by atoms with Crippen molar-refractivity contribution in [2.45, 2.75) is 0 Å². The molecule has 0 aliphatic carbocycles. The van der Waals surface area contributed by atoms with Gasteiger partial charge in [0.15, 0.2) is 0 Å². The molecule has 0 atom stereocenters. The van der Waals surface area contributed by atoms with E-state index in [4.69, 9.17) is 9.72 Å². The molecule has 4 heteroatoms. The van der Waals surface area contributed by atoms with Gasteiger partial charge in [0.05, 0.1) is 23.0 Å². The van der Waals surface area contributed by atoms with Gasteiger partial charge in [-0.15, -0.1) is 0 Å². The molecule has 9 aromatic rings. The number of benzene rings is 7. The lowest BCUT2D eigenvalue weighted by atomic mass is 9.85. The number of hydrogen-bond donors (Lipinski definition) is 0. The van der Waals surface area contributed by atoms with Gasteiger partial charge in [-0.2, -0.15) is 5.26 Å². The number of pyridine rings is 2. The van der Waals surface area contributed by atoms with E-state index >= 15 is 0 Å². The highest BCUT2D eigenvalue weighted by atomic mass is 16.5. The van der Waals surface area contributed by atoms with Crippen LogP contribution in [-0.4, -0.2) is 9.97 Å². The highest BCUT2D eigenvalue weighted by Crippen LogP contribution is 2.50. The van der Waals surface area contributed by atoms with E-state index in [-0.39, 0.29) is 0 Å². The Morgan fingerprint density at radius 1 is 0.489 bits per heavy atom. The third kappa shape index (κ3) is 3.75. The number of hydrogen-bond acceptors (Lipinski definition) is 4. The van der Waals surface area contributed by atoms with E-state index in [9.17, 15) is 5.26 Å². The average Bonchev–Trinajstić information content (AvgIpc) is 3.14. The van der Waals surface area contributed by atoms with E-state index < -0.39 is 0 Å². The molecule has 1 aliphatic heterocycles. The Labute approximate surface area is 270 Å². The summed E-state index contributed by atoms with van der Waals surface area (Å²) >= 11 is 0. The minimum Gasteiger partial charge on any atom is -0.456 e. The molecule has 0 spiro atoms. The number of nitrogens with zero attached hydrogens (tertiary/aromatic N) is 3. The van der Waals surface area contributed by atoms with Crippen molar-refractivity contribution in [1.29, 1.82) is 5.26 Å². The molecule has 0 radical (unpaired) electrons. The second kappa shape index (κ2) is 9.71. The molecule has 0 bridgehead atoms. The van der Waals surface area contributed by atoms with Crippen LogP contribution in [0, 0.1) is 11.3 Å². The molecule has 47 heavy (non-hydrogen) atoms. The van der Waals surface area contributed by atoms with Gasteiger partial charge in [0.2, 0.25) is 0 Å². The van der Waals surface area contributed by atoms with Crippen molar-refractivity contribution in [1.82, 2.24) is 9.97 Å². The molecular weight excluding hydrogens is 574 g/mol. The van der Waals surface area contributed by atoms with Gasteiger partial charge in [0.25, 0.3) is 0 Å². The Morgan fingerprint density at radius 2 is 1.11 bits per heavy atom. The first-order chi connectivity index (χ1) is 23.2. The van der Waals surface area contributed by atoms with Crippen molar-refractivity contribution in [3.63, 3.8) is 0 Å². The molecule has 0 N–H and O–H groups in total. The summed E-state index contributed by atoms with van der Waals surface area (Å²) in [4.78, 5) is 9.27. The minimum absolute atomic E-state index is 0.588. The van der Waals surface area contributed by atoms with Crippen LogP contribution in [0.2, 0.25) is 0 Å². The largest absolute Gasteiger partial charge is 0.456 e. The third-order valence-corrected chi connectivity index (χ3v) is 9.58. The second-order valence-corrected chi connectivity index (χ2v) is 12.1. The maximum atomic E-state index is 9.46. The summed E-state index contributed by atoms with van der Waals surface area (Å²) in [6.07, 6.45) is 3.61. The highest BCUT2D eigenvalue weighted by molar-refractivity contribution is 6.28. The number of aromatic nitrogens is 2. The predicted octanol–water partition coefficient (Wildman–Crippen LogP) is 11.2. The number of ether oxygens (including phenoxy) is 1. The Morgan fingerprint density at radius 3 is 1.89 bits per heavy atom. The molecule has 2 aromatic heterocycles. The summed E-state index contributed by atoms with van der Waals surface area (Å²) in [5, 5.41) is 19.0. The van der Waals surface area contributed by atoms with Gasteiger partial charge >= 0.3 is 0 Å². The van der Waals surface area contributed by atoms with Crippen LogP contribution >= 0.6 is 0 Å².